The van der Waals surface area contributed by atoms with E-state index in [1.165, 1.54) is 6.08 Å². The molecular formula is C15H14ClN3O2. The number of halogens is 1. The molecule has 0 aliphatic rings. The Morgan fingerprint density at radius 1 is 1.29 bits per heavy atom. The number of rotatable bonds is 5. The summed E-state index contributed by atoms with van der Waals surface area (Å²) in [5.41, 5.74) is 1.74. The molecule has 5 nitrogen and oxygen atoms in total. The molecule has 1 aromatic carbocycles. The third kappa shape index (κ3) is 4.57. The van der Waals surface area contributed by atoms with Gasteiger partial charge in [0.2, 0.25) is 5.95 Å². The maximum atomic E-state index is 10.4. The summed E-state index contributed by atoms with van der Waals surface area (Å²) in [7, 11) is 1.89. The molecule has 0 aliphatic heterocycles. The van der Waals surface area contributed by atoms with Gasteiger partial charge in [0, 0.05) is 42.6 Å². The van der Waals surface area contributed by atoms with Crippen LogP contribution in [0.2, 0.25) is 5.02 Å². The monoisotopic (exact) mass is 303 g/mol. The van der Waals surface area contributed by atoms with Gasteiger partial charge in [0.1, 0.15) is 0 Å². The second-order valence-corrected chi connectivity index (χ2v) is 4.91. The van der Waals surface area contributed by atoms with E-state index in [1.807, 2.05) is 36.2 Å². The van der Waals surface area contributed by atoms with Gasteiger partial charge in [-0.15, -0.1) is 0 Å². The van der Waals surface area contributed by atoms with Crippen LogP contribution in [0, 0.1) is 0 Å². The minimum absolute atomic E-state index is 0.567. The fourth-order valence-corrected chi connectivity index (χ4v) is 1.84. The molecule has 0 aliphatic carbocycles. The fraction of sp³-hybridized carbons (Fsp3) is 0.133. The van der Waals surface area contributed by atoms with Crippen LogP contribution in [0.25, 0.3) is 6.08 Å². The van der Waals surface area contributed by atoms with Crippen molar-refractivity contribution in [2.75, 3.05) is 11.9 Å². The summed E-state index contributed by atoms with van der Waals surface area (Å²) in [5.74, 6) is -0.434. The second kappa shape index (κ2) is 6.85. The van der Waals surface area contributed by atoms with E-state index >= 15 is 0 Å². The average molecular weight is 304 g/mol. The van der Waals surface area contributed by atoms with Gasteiger partial charge in [-0.3, -0.25) is 0 Å². The number of nitrogens with zero attached hydrogens (tertiary/aromatic N) is 3. The largest absolute Gasteiger partial charge is 0.478 e. The minimum Gasteiger partial charge on any atom is -0.478 e. The quantitative estimate of drug-likeness (QED) is 0.860. The van der Waals surface area contributed by atoms with Crippen LogP contribution >= 0.6 is 11.6 Å². The molecule has 108 valence electrons. The molecule has 0 saturated heterocycles. The Morgan fingerprint density at radius 3 is 2.48 bits per heavy atom. The SMILES string of the molecule is CN(Cc1ccc(Cl)cc1)c1ncc(/C=C/C(=O)O)cn1. The van der Waals surface area contributed by atoms with Crippen LogP contribution in [0.1, 0.15) is 11.1 Å². The van der Waals surface area contributed by atoms with Gasteiger partial charge in [-0.25, -0.2) is 14.8 Å². The first-order chi connectivity index (χ1) is 10.0. The van der Waals surface area contributed by atoms with Crippen molar-refractivity contribution in [1.82, 2.24) is 9.97 Å². The zero-order valence-electron chi connectivity index (χ0n) is 11.4. The van der Waals surface area contributed by atoms with Crippen LogP contribution in [-0.2, 0) is 11.3 Å². The summed E-state index contributed by atoms with van der Waals surface area (Å²) < 4.78 is 0. The number of carboxylic acid groups (broad SMARTS) is 1. The summed E-state index contributed by atoms with van der Waals surface area (Å²) in [4.78, 5) is 20.8. The van der Waals surface area contributed by atoms with E-state index in [4.69, 9.17) is 16.7 Å². The molecule has 2 aromatic rings. The van der Waals surface area contributed by atoms with Crippen LogP contribution in [0.15, 0.2) is 42.7 Å². The van der Waals surface area contributed by atoms with Gasteiger partial charge in [-0.1, -0.05) is 23.7 Å². The highest BCUT2D eigenvalue weighted by Gasteiger charge is 2.05. The molecule has 0 atom stereocenters. The first-order valence-corrected chi connectivity index (χ1v) is 6.61. The molecule has 0 radical (unpaired) electrons. The highest BCUT2D eigenvalue weighted by atomic mass is 35.5. The maximum absolute atomic E-state index is 10.4. The first kappa shape index (κ1) is 15.0. The Morgan fingerprint density at radius 2 is 1.90 bits per heavy atom. The molecule has 21 heavy (non-hydrogen) atoms. The van der Waals surface area contributed by atoms with Crippen LogP contribution < -0.4 is 4.90 Å². The van der Waals surface area contributed by atoms with Crippen molar-refractivity contribution in [3.63, 3.8) is 0 Å². The zero-order chi connectivity index (χ0) is 15.2. The van der Waals surface area contributed by atoms with Crippen molar-refractivity contribution in [3.8, 4) is 0 Å². The Hall–Kier alpha value is -2.40. The van der Waals surface area contributed by atoms with E-state index in [9.17, 15) is 4.79 Å². The molecule has 1 heterocycles. The number of carbonyl (C=O) groups is 1. The van der Waals surface area contributed by atoms with Crippen molar-refractivity contribution in [3.05, 3.63) is 58.9 Å². The standard InChI is InChI=1S/C15H14ClN3O2/c1-19(10-11-2-5-13(16)6-3-11)15-17-8-12(9-18-15)4-7-14(20)21/h2-9H,10H2,1H3,(H,20,21)/b7-4+. The van der Waals surface area contributed by atoms with Gasteiger partial charge < -0.3 is 10.0 Å². The fourth-order valence-electron chi connectivity index (χ4n) is 1.72. The molecule has 1 aromatic heterocycles. The minimum atomic E-state index is -1.00. The number of benzene rings is 1. The van der Waals surface area contributed by atoms with Crippen LogP contribution in [0.3, 0.4) is 0 Å². The Labute approximate surface area is 127 Å². The highest BCUT2D eigenvalue weighted by Crippen LogP contribution is 2.13. The van der Waals surface area contributed by atoms with Crippen molar-refractivity contribution >= 4 is 29.6 Å². The molecule has 0 unspecified atom stereocenters. The lowest BCUT2D eigenvalue weighted by molar-refractivity contribution is -0.131. The van der Waals surface area contributed by atoms with E-state index in [-0.39, 0.29) is 0 Å². The first-order valence-electron chi connectivity index (χ1n) is 6.23. The van der Waals surface area contributed by atoms with Gasteiger partial charge in [0.05, 0.1) is 0 Å². The average Bonchev–Trinajstić information content (AvgIpc) is 2.48. The van der Waals surface area contributed by atoms with E-state index in [0.29, 0.717) is 23.1 Å². The lowest BCUT2D eigenvalue weighted by Crippen LogP contribution is -2.18. The molecule has 1 N–H and O–H groups in total. The number of hydrogen-bond acceptors (Lipinski definition) is 4. The predicted octanol–water partition coefficient (Wildman–Crippen LogP) is 2.86. The molecule has 0 spiro atoms. The Bertz CT molecular complexity index is 639. The molecule has 6 heteroatoms. The van der Waals surface area contributed by atoms with E-state index < -0.39 is 5.97 Å². The van der Waals surface area contributed by atoms with E-state index in [0.717, 1.165) is 11.6 Å². The second-order valence-electron chi connectivity index (χ2n) is 4.47. The van der Waals surface area contributed by atoms with Crippen LogP contribution in [0.5, 0.6) is 0 Å². The van der Waals surface area contributed by atoms with E-state index in [2.05, 4.69) is 9.97 Å². The summed E-state index contributed by atoms with van der Waals surface area (Å²) >= 11 is 5.85. The lowest BCUT2D eigenvalue weighted by atomic mass is 10.2. The summed E-state index contributed by atoms with van der Waals surface area (Å²) in [6, 6.07) is 7.57. The molecule has 0 fully saturated rings. The number of aliphatic carboxylic acids is 1. The normalized spacial score (nSPS) is 10.8. The van der Waals surface area contributed by atoms with Crippen LogP contribution in [-0.4, -0.2) is 28.1 Å². The summed E-state index contributed by atoms with van der Waals surface area (Å²) in [6.07, 6.45) is 5.67. The number of carboxylic acids is 1. The summed E-state index contributed by atoms with van der Waals surface area (Å²) in [6.45, 7) is 0.654. The molecule has 2 rings (SSSR count). The maximum Gasteiger partial charge on any atom is 0.328 e. The predicted molar refractivity (Wildman–Crippen MR) is 82.3 cm³/mol. The van der Waals surface area contributed by atoms with Crippen molar-refractivity contribution in [2.24, 2.45) is 0 Å². The zero-order valence-corrected chi connectivity index (χ0v) is 12.2. The molecule has 0 bridgehead atoms. The van der Waals surface area contributed by atoms with Gasteiger partial charge in [-0.05, 0) is 23.8 Å². The third-order valence-corrected chi connectivity index (χ3v) is 3.00. The van der Waals surface area contributed by atoms with Gasteiger partial charge in [0.15, 0.2) is 0 Å². The smallest absolute Gasteiger partial charge is 0.328 e. The number of hydrogen-bond donors (Lipinski definition) is 1. The van der Waals surface area contributed by atoms with Crippen LogP contribution in [0.4, 0.5) is 5.95 Å². The lowest BCUT2D eigenvalue weighted by Gasteiger charge is -2.16. The Balaban J connectivity index is 2.04. The molecule has 0 amide bonds. The molecule has 0 saturated carbocycles. The van der Waals surface area contributed by atoms with Crippen molar-refractivity contribution < 1.29 is 9.90 Å². The van der Waals surface area contributed by atoms with Gasteiger partial charge in [-0.2, -0.15) is 0 Å². The van der Waals surface area contributed by atoms with Gasteiger partial charge >= 0.3 is 5.97 Å². The third-order valence-electron chi connectivity index (χ3n) is 2.75. The van der Waals surface area contributed by atoms with E-state index in [1.54, 1.807) is 12.4 Å². The van der Waals surface area contributed by atoms with Crippen molar-refractivity contribution in [2.45, 2.75) is 6.54 Å². The highest BCUT2D eigenvalue weighted by molar-refractivity contribution is 6.30. The van der Waals surface area contributed by atoms with Crippen molar-refractivity contribution in [1.29, 1.82) is 0 Å². The number of aromatic nitrogens is 2. The Kier molecular flexibility index (Phi) is 4.90. The number of anilines is 1. The molecular weight excluding hydrogens is 290 g/mol. The summed E-state index contributed by atoms with van der Waals surface area (Å²) in [5, 5.41) is 9.26. The topological polar surface area (TPSA) is 66.3 Å². The van der Waals surface area contributed by atoms with Gasteiger partial charge in [0.25, 0.3) is 0 Å².